The molecule has 0 aliphatic carbocycles. The van der Waals surface area contributed by atoms with E-state index in [4.69, 9.17) is 4.74 Å². The monoisotopic (exact) mass is 498 g/mol. The first-order valence-corrected chi connectivity index (χ1v) is 12.5. The van der Waals surface area contributed by atoms with Crippen molar-refractivity contribution in [2.24, 2.45) is 0 Å². The third-order valence-corrected chi connectivity index (χ3v) is 7.05. The van der Waals surface area contributed by atoms with Gasteiger partial charge in [-0.3, -0.25) is 9.36 Å². The van der Waals surface area contributed by atoms with Gasteiger partial charge in [0.05, 0.1) is 12.8 Å². The second-order valence-corrected chi connectivity index (χ2v) is 9.39. The Hall–Kier alpha value is -3.81. The standard InChI is InChI=1S/C30H31FN4O2/c1-4-34(2)18-21-7-5-6-8-24(21)20-9-14-25(26(31)15-20)27-16-29(36)30-28(17-32-27)33-19-35(30)22-10-12-23(37-3)13-11-22/h5-15,19,27,32H,4,16-18H2,1-3H3. The van der Waals surface area contributed by atoms with Gasteiger partial charge in [-0.1, -0.05) is 43.3 Å². The fourth-order valence-corrected chi connectivity index (χ4v) is 4.86. The number of carbonyl (C=O) groups excluding carboxylic acids is 1. The number of hydrogen-bond donors (Lipinski definition) is 1. The molecular formula is C30H31FN4O2. The van der Waals surface area contributed by atoms with E-state index in [9.17, 15) is 4.79 Å². The van der Waals surface area contributed by atoms with Crippen LogP contribution in [0.1, 0.15) is 46.7 Å². The Kier molecular flexibility index (Phi) is 7.17. The lowest BCUT2D eigenvalue weighted by Gasteiger charge is -2.19. The largest absolute Gasteiger partial charge is 0.497 e. The summed E-state index contributed by atoms with van der Waals surface area (Å²) in [5, 5.41) is 3.35. The number of benzene rings is 3. The van der Waals surface area contributed by atoms with Crippen LogP contribution in [0.4, 0.5) is 4.39 Å². The number of fused-ring (bicyclic) bond motifs is 1. The van der Waals surface area contributed by atoms with Crippen molar-refractivity contribution in [2.45, 2.75) is 32.5 Å². The normalized spacial score (nSPS) is 15.5. The second kappa shape index (κ2) is 10.7. The summed E-state index contributed by atoms with van der Waals surface area (Å²) >= 11 is 0. The molecule has 1 atom stereocenters. The number of nitrogens with zero attached hydrogens (tertiary/aromatic N) is 3. The van der Waals surface area contributed by atoms with Crippen molar-refractivity contribution in [1.29, 1.82) is 0 Å². The van der Waals surface area contributed by atoms with Gasteiger partial charge >= 0.3 is 0 Å². The van der Waals surface area contributed by atoms with Crippen molar-refractivity contribution in [1.82, 2.24) is 19.8 Å². The van der Waals surface area contributed by atoms with Crippen LogP contribution in [0.3, 0.4) is 0 Å². The van der Waals surface area contributed by atoms with E-state index < -0.39 is 6.04 Å². The van der Waals surface area contributed by atoms with Gasteiger partial charge in [0.1, 0.15) is 23.6 Å². The van der Waals surface area contributed by atoms with Crippen molar-refractivity contribution in [3.8, 4) is 22.6 Å². The summed E-state index contributed by atoms with van der Waals surface area (Å²) in [4.78, 5) is 20.1. The highest BCUT2D eigenvalue weighted by Gasteiger charge is 2.29. The zero-order valence-corrected chi connectivity index (χ0v) is 21.4. The molecule has 1 aromatic heterocycles. The molecule has 1 aliphatic heterocycles. The van der Waals surface area contributed by atoms with Crippen molar-refractivity contribution >= 4 is 5.78 Å². The lowest BCUT2D eigenvalue weighted by Crippen LogP contribution is -2.21. The Morgan fingerprint density at radius 1 is 1.14 bits per heavy atom. The highest BCUT2D eigenvalue weighted by molar-refractivity contribution is 5.97. The topological polar surface area (TPSA) is 59.4 Å². The molecule has 0 amide bonds. The van der Waals surface area contributed by atoms with Gasteiger partial charge in [-0.15, -0.1) is 0 Å². The number of methoxy groups -OCH3 is 1. The number of hydrogen-bond acceptors (Lipinski definition) is 5. The number of aromatic nitrogens is 2. The molecule has 2 heterocycles. The highest BCUT2D eigenvalue weighted by Crippen LogP contribution is 2.32. The minimum Gasteiger partial charge on any atom is -0.497 e. The molecule has 190 valence electrons. The molecule has 1 aliphatic rings. The summed E-state index contributed by atoms with van der Waals surface area (Å²) in [6, 6.07) is 20.5. The third-order valence-electron chi connectivity index (χ3n) is 7.05. The van der Waals surface area contributed by atoms with Gasteiger partial charge in [0, 0.05) is 36.8 Å². The lowest BCUT2D eigenvalue weighted by atomic mass is 9.95. The molecule has 37 heavy (non-hydrogen) atoms. The summed E-state index contributed by atoms with van der Waals surface area (Å²) in [6.07, 6.45) is 1.80. The number of imidazole rings is 1. The van der Waals surface area contributed by atoms with Gasteiger partial charge in [0.25, 0.3) is 0 Å². The van der Waals surface area contributed by atoms with Crippen molar-refractivity contribution < 1.29 is 13.9 Å². The smallest absolute Gasteiger partial charge is 0.183 e. The maximum Gasteiger partial charge on any atom is 0.183 e. The van der Waals surface area contributed by atoms with Crippen LogP contribution in [0.15, 0.2) is 73.1 Å². The second-order valence-electron chi connectivity index (χ2n) is 9.39. The van der Waals surface area contributed by atoms with Gasteiger partial charge in [-0.25, -0.2) is 9.37 Å². The number of halogens is 1. The first-order chi connectivity index (χ1) is 18.0. The van der Waals surface area contributed by atoms with Crippen LogP contribution in [0.2, 0.25) is 0 Å². The molecule has 1 N–H and O–H groups in total. The van der Waals surface area contributed by atoms with Gasteiger partial charge in [0.15, 0.2) is 5.78 Å². The molecule has 0 fully saturated rings. The van der Waals surface area contributed by atoms with Crippen molar-refractivity contribution in [3.63, 3.8) is 0 Å². The molecule has 0 spiro atoms. The van der Waals surface area contributed by atoms with E-state index in [0.717, 1.165) is 41.2 Å². The van der Waals surface area contributed by atoms with E-state index in [0.29, 0.717) is 23.5 Å². The predicted molar refractivity (Wildman–Crippen MR) is 142 cm³/mol. The van der Waals surface area contributed by atoms with Gasteiger partial charge in [-0.2, -0.15) is 0 Å². The van der Waals surface area contributed by atoms with Crippen LogP contribution in [-0.2, 0) is 13.1 Å². The molecule has 1 unspecified atom stereocenters. The van der Waals surface area contributed by atoms with E-state index >= 15 is 4.39 Å². The van der Waals surface area contributed by atoms with Crippen LogP contribution in [0.25, 0.3) is 16.8 Å². The zero-order valence-electron chi connectivity index (χ0n) is 21.4. The molecule has 5 rings (SSSR count). The summed E-state index contributed by atoms with van der Waals surface area (Å²) in [5.41, 5.74) is 5.51. The van der Waals surface area contributed by atoms with Gasteiger partial charge < -0.3 is 15.0 Å². The summed E-state index contributed by atoms with van der Waals surface area (Å²) in [7, 11) is 3.68. The third kappa shape index (κ3) is 5.05. The van der Waals surface area contributed by atoms with Crippen LogP contribution >= 0.6 is 0 Å². The predicted octanol–water partition coefficient (Wildman–Crippen LogP) is 5.56. The van der Waals surface area contributed by atoms with Crippen molar-refractivity contribution in [3.05, 3.63) is 101 Å². The maximum atomic E-state index is 15.5. The molecule has 3 aromatic carbocycles. The molecule has 7 heteroatoms. The van der Waals surface area contributed by atoms with Gasteiger partial charge in [0.2, 0.25) is 0 Å². The number of rotatable bonds is 7. The summed E-state index contributed by atoms with van der Waals surface area (Å²) in [6.45, 7) is 4.21. The Labute approximate surface area is 216 Å². The minimum atomic E-state index is -0.443. The SMILES string of the molecule is CCN(C)Cc1ccccc1-c1ccc(C2CC(=O)c3c(ncn3-c3ccc(OC)cc3)CN2)c(F)c1. The minimum absolute atomic E-state index is 0.0743. The Morgan fingerprint density at radius 3 is 2.65 bits per heavy atom. The number of nitrogens with one attached hydrogen (secondary N) is 1. The van der Waals surface area contributed by atoms with E-state index in [1.165, 1.54) is 0 Å². The zero-order chi connectivity index (χ0) is 25.9. The van der Waals surface area contributed by atoms with E-state index in [1.807, 2.05) is 48.5 Å². The fourth-order valence-electron chi connectivity index (χ4n) is 4.86. The molecule has 6 nitrogen and oxygen atoms in total. The Balaban J connectivity index is 1.40. The van der Waals surface area contributed by atoms with Crippen LogP contribution in [0.5, 0.6) is 5.75 Å². The van der Waals surface area contributed by atoms with Crippen LogP contribution in [-0.4, -0.2) is 40.9 Å². The van der Waals surface area contributed by atoms with Gasteiger partial charge in [-0.05, 0) is 60.6 Å². The number of Topliss-reactive ketones (excluding diaryl/α,β-unsaturated/α-hetero) is 1. The highest BCUT2D eigenvalue weighted by atomic mass is 19.1. The first-order valence-electron chi connectivity index (χ1n) is 12.5. The summed E-state index contributed by atoms with van der Waals surface area (Å²) in [5.74, 6) is 0.343. The molecule has 0 bridgehead atoms. The van der Waals surface area contributed by atoms with E-state index in [2.05, 4.69) is 35.2 Å². The molecule has 4 aromatic rings. The number of carbonyl (C=O) groups is 1. The Morgan fingerprint density at radius 2 is 1.92 bits per heavy atom. The van der Waals surface area contributed by atoms with E-state index in [-0.39, 0.29) is 18.0 Å². The molecular weight excluding hydrogens is 467 g/mol. The number of ether oxygens (including phenoxy) is 1. The first kappa shape index (κ1) is 24.9. The lowest BCUT2D eigenvalue weighted by molar-refractivity contribution is 0.0966. The van der Waals surface area contributed by atoms with Crippen LogP contribution < -0.4 is 10.1 Å². The average molecular weight is 499 g/mol. The quantitative estimate of drug-likeness (QED) is 0.362. The average Bonchev–Trinajstić information content (AvgIpc) is 3.28. The van der Waals surface area contributed by atoms with Crippen molar-refractivity contribution in [2.75, 3.05) is 20.7 Å². The number of ketones is 1. The maximum absolute atomic E-state index is 15.5. The van der Waals surface area contributed by atoms with E-state index in [1.54, 1.807) is 30.1 Å². The Bertz CT molecular complexity index is 1410. The fraction of sp³-hybridized carbons (Fsp3) is 0.267. The summed E-state index contributed by atoms with van der Waals surface area (Å²) < 4.78 is 22.6. The van der Waals surface area contributed by atoms with Crippen LogP contribution in [0, 0.1) is 5.82 Å². The molecule has 0 saturated heterocycles. The molecule has 0 saturated carbocycles. The molecule has 0 radical (unpaired) electrons.